The van der Waals surface area contributed by atoms with E-state index in [1.54, 1.807) is 0 Å². The first-order valence-corrected chi connectivity index (χ1v) is 6.23. The van der Waals surface area contributed by atoms with E-state index in [0.717, 1.165) is 25.7 Å². The molecule has 2 atom stereocenters. The second-order valence-corrected chi connectivity index (χ2v) is 5.75. The summed E-state index contributed by atoms with van der Waals surface area (Å²) >= 11 is 0. The molecule has 0 amide bonds. The molecule has 1 aromatic rings. The smallest absolute Gasteiger partial charge is 0.0545 e. The van der Waals surface area contributed by atoms with Gasteiger partial charge in [0.05, 0.1) is 6.10 Å². The standard InChI is InChI=1S/C15H22O/c1-11-5-4-6-12(2)14(11)10-15(3)8-7-13(16)9-15/h4-6,13,16H,7-10H2,1-3H3. The summed E-state index contributed by atoms with van der Waals surface area (Å²) in [4.78, 5) is 0. The van der Waals surface area contributed by atoms with Crippen LogP contribution in [0.2, 0.25) is 0 Å². The minimum atomic E-state index is -0.0747. The van der Waals surface area contributed by atoms with Crippen LogP contribution in [0.15, 0.2) is 18.2 Å². The van der Waals surface area contributed by atoms with Gasteiger partial charge in [0.2, 0.25) is 0 Å². The van der Waals surface area contributed by atoms with Crippen LogP contribution in [0.3, 0.4) is 0 Å². The van der Waals surface area contributed by atoms with Crippen molar-refractivity contribution in [3.63, 3.8) is 0 Å². The predicted molar refractivity (Wildman–Crippen MR) is 67.6 cm³/mol. The van der Waals surface area contributed by atoms with E-state index in [2.05, 4.69) is 39.0 Å². The first-order valence-electron chi connectivity index (χ1n) is 6.23. The molecule has 1 nitrogen and oxygen atoms in total. The molecule has 88 valence electrons. The molecule has 0 heterocycles. The van der Waals surface area contributed by atoms with E-state index in [-0.39, 0.29) is 6.10 Å². The molecular weight excluding hydrogens is 196 g/mol. The first kappa shape index (κ1) is 11.7. The molecule has 0 aliphatic heterocycles. The first-order chi connectivity index (χ1) is 7.50. The van der Waals surface area contributed by atoms with Gasteiger partial charge in [-0.15, -0.1) is 0 Å². The Balaban J connectivity index is 2.21. The third kappa shape index (κ3) is 2.30. The van der Waals surface area contributed by atoms with Gasteiger partial charge < -0.3 is 5.11 Å². The highest BCUT2D eigenvalue weighted by Crippen LogP contribution is 2.41. The van der Waals surface area contributed by atoms with Crippen LogP contribution in [0.25, 0.3) is 0 Å². The molecule has 1 saturated carbocycles. The quantitative estimate of drug-likeness (QED) is 0.806. The van der Waals surface area contributed by atoms with Crippen molar-refractivity contribution in [3.05, 3.63) is 34.9 Å². The monoisotopic (exact) mass is 218 g/mol. The van der Waals surface area contributed by atoms with E-state index in [4.69, 9.17) is 0 Å². The summed E-state index contributed by atoms with van der Waals surface area (Å²) in [5, 5.41) is 9.68. The van der Waals surface area contributed by atoms with Crippen LogP contribution in [-0.2, 0) is 6.42 Å². The number of hydrogen-bond donors (Lipinski definition) is 1. The second kappa shape index (κ2) is 4.21. The summed E-state index contributed by atoms with van der Waals surface area (Å²) in [5.41, 5.74) is 4.57. The van der Waals surface area contributed by atoms with Gasteiger partial charge in [-0.25, -0.2) is 0 Å². The maximum atomic E-state index is 9.68. The van der Waals surface area contributed by atoms with E-state index >= 15 is 0 Å². The van der Waals surface area contributed by atoms with Crippen LogP contribution >= 0.6 is 0 Å². The van der Waals surface area contributed by atoms with Crippen molar-refractivity contribution in [1.29, 1.82) is 0 Å². The van der Waals surface area contributed by atoms with Crippen molar-refractivity contribution in [2.24, 2.45) is 5.41 Å². The summed E-state index contributed by atoms with van der Waals surface area (Å²) in [6.45, 7) is 6.70. The van der Waals surface area contributed by atoms with Crippen molar-refractivity contribution < 1.29 is 5.11 Å². The lowest BCUT2D eigenvalue weighted by Gasteiger charge is -2.25. The van der Waals surface area contributed by atoms with E-state index in [1.165, 1.54) is 16.7 Å². The van der Waals surface area contributed by atoms with Crippen molar-refractivity contribution in [3.8, 4) is 0 Å². The Bertz CT molecular complexity index is 363. The molecule has 1 fully saturated rings. The zero-order chi connectivity index (χ0) is 11.8. The average molecular weight is 218 g/mol. The Morgan fingerprint density at radius 1 is 1.31 bits per heavy atom. The lowest BCUT2D eigenvalue weighted by atomic mass is 9.80. The normalized spacial score (nSPS) is 29.6. The molecule has 1 aliphatic carbocycles. The SMILES string of the molecule is Cc1cccc(C)c1CC1(C)CCC(O)C1. The van der Waals surface area contributed by atoms with Gasteiger partial charge in [0.25, 0.3) is 0 Å². The highest BCUT2D eigenvalue weighted by Gasteiger charge is 2.34. The van der Waals surface area contributed by atoms with Gasteiger partial charge >= 0.3 is 0 Å². The highest BCUT2D eigenvalue weighted by atomic mass is 16.3. The topological polar surface area (TPSA) is 20.2 Å². The molecule has 0 radical (unpaired) electrons. The van der Waals surface area contributed by atoms with Gasteiger partial charge in [-0.05, 0) is 61.6 Å². The second-order valence-electron chi connectivity index (χ2n) is 5.75. The average Bonchev–Trinajstić information content (AvgIpc) is 2.53. The van der Waals surface area contributed by atoms with Crippen LogP contribution in [0, 0.1) is 19.3 Å². The Morgan fingerprint density at radius 3 is 2.44 bits per heavy atom. The third-order valence-electron chi connectivity index (χ3n) is 4.06. The molecule has 0 bridgehead atoms. The Morgan fingerprint density at radius 2 is 1.94 bits per heavy atom. The number of aliphatic hydroxyl groups is 1. The van der Waals surface area contributed by atoms with Crippen LogP contribution in [0.5, 0.6) is 0 Å². The Kier molecular flexibility index (Phi) is 3.07. The molecule has 0 aromatic heterocycles. The fourth-order valence-corrected chi connectivity index (χ4v) is 3.00. The summed E-state index contributed by atoms with van der Waals surface area (Å²) in [7, 11) is 0. The molecule has 16 heavy (non-hydrogen) atoms. The van der Waals surface area contributed by atoms with Gasteiger partial charge in [-0.1, -0.05) is 25.1 Å². The molecule has 1 heteroatoms. The third-order valence-corrected chi connectivity index (χ3v) is 4.06. The van der Waals surface area contributed by atoms with Crippen LogP contribution in [0.4, 0.5) is 0 Å². The van der Waals surface area contributed by atoms with E-state index in [1.807, 2.05) is 0 Å². The number of hydrogen-bond acceptors (Lipinski definition) is 1. The Hall–Kier alpha value is -0.820. The zero-order valence-corrected chi connectivity index (χ0v) is 10.6. The summed E-state index contributed by atoms with van der Waals surface area (Å²) in [6, 6.07) is 6.51. The maximum Gasteiger partial charge on any atom is 0.0545 e. The molecule has 0 spiro atoms. The van der Waals surface area contributed by atoms with E-state index < -0.39 is 0 Å². The fourth-order valence-electron chi connectivity index (χ4n) is 3.00. The fraction of sp³-hybridized carbons (Fsp3) is 0.600. The lowest BCUT2D eigenvalue weighted by Crippen LogP contribution is -2.18. The van der Waals surface area contributed by atoms with E-state index in [9.17, 15) is 5.11 Å². The number of rotatable bonds is 2. The van der Waals surface area contributed by atoms with Crippen molar-refractivity contribution in [1.82, 2.24) is 0 Å². The highest BCUT2D eigenvalue weighted by molar-refractivity contribution is 5.34. The zero-order valence-electron chi connectivity index (χ0n) is 10.6. The minimum Gasteiger partial charge on any atom is -0.393 e. The number of aliphatic hydroxyl groups excluding tert-OH is 1. The van der Waals surface area contributed by atoms with Crippen molar-refractivity contribution in [2.75, 3.05) is 0 Å². The summed E-state index contributed by atoms with van der Waals surface area (Å²) < 4.78 is 0. The summed E-state index contributed by atoms with van der Waals surface area (Å²) in [6.07, 6.45) is 4.13. The predicted octanol–water partition coefficient (Wildman–Crippen LogP) is 3.40. The van der Waals surface area contributed by atoms with Crippen LogP contribution in [0.1, 0.15) is 42.9 Å². The number of benzene rings is 1. The largest absolute Gasteiger partial charge is 0.393 e. The van der Waals surface area contributed by atoms with Crippen LogP contribution in [-0.4, -0.2) is 11.2 Å². The van der Waals surface area contributed by atoms with Gasteiger partial charge in [-0.2, -0.15) is 0 Å². The molecule has 1 N–H and O–H groups in total. The maximum absolute atomic E-state index is 9.68. The Labute approximate surface area is 98.5 Å². The minimum absolute atomic E-state index is 0.0747. The van der Waals surface area contributed by atoms with Crippen LogP contribution < -0.4 is 0 Å². The van der Waals surface area contributed by atoms with E-state index in [0.29, 0.717) is 5.41 Å². The van der Waals surface area contributed by atoms with Crippen molar-refractivity contribution >= 4 is 0 Å². The van der Waals surface area contributed by atoms with Gasteiger partial charge in [0.1, 0.15) is 0 Å². The number of aryl methyl sites for hydroxylation is 2. The molecule has 1 aliphatic rings. The molecule has 1 aromatic carbocycles. The van der Waals surface area contributed by atoms with Gasteiger partial charge in [0, 0.05) is 0 Å². The lowest BCUT2D eigenvalue weighted by molar-refractivity contribution is 0.163. The molecule has 2 unspecified atom stereocenters. The van der Waals surface area contributed by atoms with Gasteiger partial charge in [0.15, 0.2) is 0 Å². The van der Waals surface area contributed by atoms with Crippen molar-refractivity contribution in [2.45, 2.75) is 52.6 Å². The molecule has 0 saturated heterocycles. The summed E-state index contributed by atoms with van der Waals surface area (Å²) in [5.74, 6) is 0. The van der Waals surface area contributed by atoms with Gasteiger partial charge in [-0.3, -0.25) is 0 Å². The molecular formula is C15H22O. The molecule has 2 rings (SSSR count).